The number of carbonyl (C=O) groups excluding carboxylic acids is 1. The first-order valence-electron chi connectivity index (χ1n) is 5.99. The van der Waals surface area contributed by atoms with E-state index < -0.39 is 5.54 Å². The fraction of sp³-hybridized carbons (Fsp3) is 0.385. The van der Waals surface area contributed by atoms with Crippen LogP contribution in [0, 0.1) is 0 Å². The zero-order valence-corrected chi connectivity index (χ0v) is 14.2. The number of amides is 1. The van der Waals surface area contributed by atoms with E-state index in [1.165, 1.54) is 6.26 Å². The minimum atomic E-state index is -0.405. The van der Waals surface area contributed by atoms with E-state index in [9.17, 15) is 4.79 Å². The zero-order valence-electron chi connectivity index (χ0n) is 11.8. The van der Waals surface area contributed by atoms with E-state index >= 15 is 0 Å². The van der Waals surface area contributed by atoms with Crippen molar-refractivity contribution in [3.63, 3.8) is 0 Å². The molecule has 1 amide bonds. The summed E-state index contributed by atoms with van der Waals surface area (Å²) in [5.41, 5.74) is 5.78. The maximum Gasteiger partial charge on any atom is 0.236 e. The Morgan fingerprint density at radius 2 is 2.19 bits per heavy atom. The quantitative estimate of drug-likeness (QED) is 0.867. The van der Waals surface area contributed by atoms with Crippen LogP contribution < -0.4 is 11.1 Å². The molecule has 0 aliphatic carbocycles. The Kier molecular flexibility index (Phi) is 7.95. The molecule has 0 fully saturated rings. The number of nitrogens with two attached hydrogens (primary N) is 1. The maximum absolute atomic E-state index is 11.8. The monoisotopic (exact) mass is 351 g/mol. The normalized spacial score (nSPS) is 10.4. The summed E-state index contributed by atoms with van der Waals surface area (Å²) in [7, 11) is 0. The second-order valence-corrected chi connectivity index (χ2v) is 5.88. The largest absolute Gasteiger partial charge is 0.444 e. The lowest BCUT2D eigenvalue weighted by molar-refractivity contribution is -0.121. The van der Waals surface area contributed by atoms with Gasteiger partial charge in [-0.3, -0.25) is 4.79 Å². The van der Waals surface area contributed by atoms with Crippen molar-refractivity contribution in [2.75, 3.05) is 6.54 Å². The third-order valence-electron chi connectivity index (χ3n) is 2.61. The van der Waals surface area contributed by atoms with Crippen molar-refractivity contribution < 1.29 is 9.21 Å². The summed E-state index contributed by atoms with van der Waals surface area (Å²) < 4.78 is 5.36. The third kappa shape index (κ3) is 5.67. The number of aromatic nitrogens is 1. The summed E-state index contributed by atoms with van der Waals surface area (Å²) in [6.07, 6.45) is 1.71. The number of thiophene rings is 1. The summed E-state index contributed by atoms with van der Waals surface area (Å²) in [6, 6.07) is 3.86. The van der Waals surface area contributed by atoms with Gasteiger partial charge in [0.05, 0.1) is 17.0 Å². The number of hydrogen-bond donors (Lipinski definition) is 2. The van der Waals surface area contributed by atoms with Gasteiger partial charge in [0, 0.05) is 12.1 Å². The number of hydrogen-bond acceptors (Lipinski definition) is 5. The molecule has 2 aromatic heterocycles. The van der Waals surface area contributed by atoms with Crippen LogP contribution in [0.15, 0.2) is 28.2 Å². The molecule has 8 heteroatoms. The van der Waals surface area contributed by atoms with Gasteiger partial charge in [0.25, 0.3) is 0 Å². The molecular formula is C13H19Cl2N3O2S. The first kappa shape index (κ1) is 19.9. The lowest BCUT2D eigenvalue weighted by atomic mass is 10.1. The van der Waals surface area contributed by atoms with Gasteiger partial charge in [0.15, 0.2) is 0 Å². The second kappa shape index (κ2) is 8.38. The Balaban J connectivity index is 0.00000200. The molecule has 0 unspecified atom stereocenters. The minimum absolute atomic E-state index is 0. The highest BCUT2D eigenvalue weighted by Gasteiger charge is 2.19. The molecule has 0 spiro atoms. The van der Waals surface area contributed by atoms with Crippen molar-refractivity contribution in [2.45, 2.75) is 25.8 Å². The van der Waals surface area contributed by atoms with Crippen LogP contribution in [-0.2, 0) is 11.2 Å². The summed E-state index contributed by atoms with van der Waals surface area (Å²) in [4.78, 5) is 17.1. The Morgan fingerprint density at radius 1 is 1.48 bits per heavy atom. The lowest BCUT2D eigenvalue weighted by Crippen LogP contribution is -2.49. The molecule has 0 bridgehead atoms. The standard InChI is InChI=1S/C13H17N3O2S.2ClH/c1-13(2,8-14)16-11(17)6-9-7-18-12(15-9)10-4-3-5-19-10;;/h3-5,7H,6,8,14H2,1-2H3,(H,16,17);2*1H. The average molecular weight is 352 g/mol. The van der Waals surface area contributed by atoms with Crippen molar-refractivity contribution in [1.29, 1.82) is 0 Å². The number of carbonyl (C=O) groups is 1. The predicted molar refractivity (Wildman–Crippen MR) is 89.3 cm³/mol. The van der Waals surface area contributed by atoms with Gasteiger partial charge in [-0.15, -0.1) is 36.2 Å². The molecule has 0 atom stereocenters. The lowest BCUT2D eigenvalue weighted by Gasteiger charge is -2.23. The van der Waals surface area contributed by atoms with Gasteiger partial charge in [0.2, 0.25) is 11.8 Å². The van der Waals surface area contributed by atoms with Crippen LogP contribution in [0.2, 0.25) is 0 Å². The van der Waals surface area contributed by atoms with Crippen molar-refractivity contribution in [1.82, 2.24) is 10.3 Å². The first-order chi connectivity index (χ1) is 9.00. The van der Waals surface area contributed by atoms with Crippen LogP contribution >= 0.6 is 36.2 Å². The van der Waals surface area contributed by atoms with E-state index in [2.05, 4.69) is 10.3 Å². The Bertz CT molecular complexity index is 556. The van der Waals surface area contributed by atoms with Gasteiger partial charge in [-0.2, -0.15) is 0 Å². The molecule has 118 valence electrons. The van der Waals surface area contributed by atoms with Crippen molar-refractivity contribution in [3.8, 4) is 10.8 Å². The van der Waals surface area contributed by atoms with Crippen LogP contribution in [0.4, 0.5) is 0 Å². The van der Waals surface area contributed by atoms with E-state index in [0.29, 0.717) is 18.1 Å². The van der Waals surface area contributed by atoms with Gasteiger partial charge >= 0.3 is 0 Å². The Labute approximate surface area is 140 Å². The molecule has 3 N–H and O–H groups in total. The first-order valence-corrected chi connectivity index (χ1v) is 6.87. The smallest absolute Gasteiger partial charge is 0.236 e. The van der Waals surface area contributed by atoms with Gasteiger partial charge in [0.1, 0.15) is 6.26 Å². The molecule has 2 heterocycles. The molecule has 21 heavy (non-hydrogen) atoms. The van der Waals surface area contributed by atoms with Crippen LogP contribution in [0.3, 0.4) is 0 Å². The third-order valence-corrected chi connectivity index (χ3v) is 3.47. The fourth-order valence-electron chi connectivity index (χ4n) is 1.54. The van der Waals surface area contributed by atoms with Crippen LogP contribution in [0.5, 0.6) is 0 Å². The van der Waals surface area contributed by atoms with Crippen molar-refractivity contribution in [3.05, 3.63) is 29.5 Å². The van der Waals surface area contributed by atoms with Gasteiger partial charge in [-0.1, -0.05) is 6.07 Å². The van der Waals surface area contributed by atoms with E-state index in [-0.39, 0.29) is 37.1 Å². The molecule has 5 nitrogen and oxygen atoms in total. The number of nitrogens with one attached hydrogen (secondary N) is 1. The molecular weight excluding hydrogens is 333 g/mol. The molecule has 2 rings (SSSR count). The maximum atomic E-state index is 11.8. The number of oxazole rings is 1. The highest BCUT2D eigenvalue weighted by atomic mass is 35.5. The molecule has 2 aromatic rings. The highest BCUT2D eigenvalue weighted by molar-refractivity contribution is 7.13. The summed E-state index contributed by atoms with van der Waals surface area (Å²) in [5.74, 6) is 0.442. The number of halogens is 2. The van der Waals surface area contributed by atoms with Gasteiger partial charge < -0.3 is 15.5 Å². The van der Waals surface area contributed by atoms with E-state index in [1.54, 1.807) is 11.3 Å². The van der Waals surface area contributed by atoms with Gasteiger partial charge in [-0.25, -0.2) is 4.98 Å². The highest BCUT2D eigenvalue weighted by Crippen LogP contribution is 2.23. The van der Waals surface area contributed by atoms with Crippen LogP contribution in [0.1, 0.15) is 19.5 Å². The second-order valence-electron chi connectivity index (χ2n) is 4.93. The summed E-state index contributed by atoms with van der Waals surface area (Å²) in [6.45, 7) is 4.15. The zero-order chi connectivity index (χ0) is 13.9. The van der Waals surface area contributed by atoms with Crippen molar-refractivity contribution in [2.24, 2.45) is 5.73 Å². The molecule has 0 aromatic carbocycles. The van der Waals surface area contributed by atoms with E-state index in [0.717, 1.165) is 4.88 Å². The van der Waals surface area contributed by atoms with Gasteiger partial charge in [-0.05, 0) is 25.3 Å². The fourth-order valence-corrected chi connectivity index (χ4v) is 2.19. The SMILES string of the molecule is CC(C)(CN)NC(=O)Cc1coc(-c2cccs2)n1.Cl.Cl. The minimum Gasteiger partial charge on any atom is -0.444 e. The number of nitrogens with zero attached hydrogens (tertiary/aromatic N) is 1. The van der Waals surface area contributed by atoms with Crippen LogP contribution in [0.25, 0.3) is 10.8 Å². The van der Waals surface area contributed by atoms with E-state index in [1.807, 2.05) is 31.4 Å². The molecule has 0 aliphatic rings. The Hall–Kier alpha value is -1.08. The molecule has 0 aliphatic heterocycles. The van der Waals surface area contributed by atoms with Crippen LogP contribution in [-0.4, -0.2) is 23.0 Å². The molecule has 0 saturated carbocycles. The van der Waals surface area contributed by atoms with Crippen molar-refractivity contribution >= 4 is 42.1 Å². The van der Waals surface area contributed by atoms with E-state index in [4.69, 9.17) is 10.2 Å². The predicted octanol–water partition coefficient (Wildman–Crippen LogP) is 2.64. The molecule has 0 saturated heterocycles. The summed E-state index contributed by atoms with van der Waals surface area (Å²) in [5, 5.41) is 4.81. The number of rotatable bonds is 5. The topological polar surface area (TPSA) is 81.1 Å². The summed E-state index contributed by atoms with van der Waals surface area (Å²) >= 11 is 1.55. The Morgan fingerprint density at radius 3 is 2.76 bits per heavy atom. The average Bonchev–Trinajstić information content (AvgIpc) is 2.97. The molecule has 0 radical (unpaired) electrons.